The van der Waals surface area contributed by atoms with Crippen LogP contribution in [0.25, 0.3) is 0 Å². The summed E-state index contributed by atoms with van der Waals surface area (Å²) in [5.74, 6) is -0.339. The molecule has 1 spiro atoms. The number of hydrogen-bond acceptors (Lipinski definition) is 2. The molecule has 0 bridgehead atoms. The molecule has 1 saturated heterocycles. The maximum Gasteiger partial charge on any atom is 0.170 e. The van der Waals surface area contributed by atoms with Gasteiger partial charge in [0.25, 0.3) is 0 Å². The predicted octanol–water partition coefficient (Wildman–Crippen LogP) is 3.13. The molecule has 2 heteroatoms. The fourth-order valence-corrected chi connectivity index (χ4v) is 3.24. The van der Waals surface area contributed by atoms with Crippen LogP contribution in [0.2, 0.25) is 0 Å². The van der Waals surface area contributed by atoms with E-state index in [1.54, 1.807) is 0 Å². The zero-order valence-electron chi connectivity index (χ0n) is 10.4. The normalized spacial score (nSPS) is 32.1. The van der Waals surface area contributed by atoms with Gasteiger partial charge in [-0.15, -0.1) is 0 Å². The van der Waals surface area contributed by atoms with Gasteiger partial charge in [-0.25, -0.2) is 0 Å². The molecule has 2 rings (SSSR count). The molecule has 1 aliphatic carbocycles. The van der Waals surface area contributed by atoms with Crippen molar-refractivity contribution >= 4 is 0 Å². The molecule has 2 aliphatic rings. The van der Waals surface area contributed by atoms with Crippen LogP contribution in [0.15, 0.2) is 12.2 Å². The molecule has 86 valence electrons. The maximum atomic E-state index is 5.84. The number of allylic oxidation sites excluding steroid dienone is 1. The highest BCUT2D eigenvalue weighted by atomic mass is 16.7. The summed E-state index contributed by atoms with van der Waals surface area (Å²) in [4.78, 5) is 0. The highest BCUT2D eigenvalue weighted by Gasteiger charge is 2.52. The minimum Gasteiger partial charge on any atom is -0.347 e. The van der Waals surface area contributed by atoms with Crippen molar-refractivity contribution in [3.8, 4) is 0 Å². The standard InChI is InChI=1S/C13H22O2/c1-10-11(2,3)8-13(9-12(10,4)5)14-6-7-15-13/h1,6-9H2,2-5H3. The van der Waals surface area contributed by atoms with Gasteiger partial charge < -0.3 is 9.47 Å². The van der Waals surface area contributed by atoms with Gasteiger partial charge in [0.05, 0.1) is 13.2 Å². The Bertz CT molecular complexity index is 261. The van der Waals surface area contributed by atoms with Gasteiger partial charge in [-0.05, 0) is 10.8 Å². The molecule has 0 unspecified atom stereocenters. The summed E-state index contributed by atoms with van der Waals surface area (Å²) in [7, 11) is 0. The Balaban J connectivity index is 2.31. The van der Waals surface area contributed by atoms with E-state index in [1.165, 1.54) is 5.57 Å². The Kier molecular flexibility index (Phi) is 2.29. The van der Waals surface area contributed by atoms with Crippen LogP contribution >= 0.6 is 0 Å². The van der Waals surface area contributed by atoms with Gasteiger partial charge in [0.1, 0.15) is 0 Å². The maximum absolute atomic E-state index is 5.84. The monoisotopic (exact) mass is 210 g/mol. The zero-order valence-corrected chi connectivity index (χ0v) is 10.4. The fraction of sp³-hybridized carbons (Fsp3) is 0.846. The van der Waals surface area contributed by atoms with Crippen molar-refractivity contribution in [1.29, 1.82) is 0 Å². The van der Waals surface area contributed by atoms with Crippen molar-refractivity contribution < 1.29 is 9.47 Å². The lowest BCUT2D eigenvalue weighted by molar-refractivity contribution is -0.206. The van der Waals surface area contributed by atoms with E-state index < -0.39 is 0 Å². The molecule has 15 heavy (non-hydrogen) atoms. The molecule has 0 aromatic heterocycles. The van der Waals surface area contributed by atoms with Crippen molar-refractivity contribution in [3.63, 3.8) is 0 Å². The molecular formula is C13H22O2. The summed E-state index contributed by atoms with van der Waals surface area (Å²) in [6.45, 7) is 14.7. The van der Waals surface area contributed by atoms with Gasteiger partial charge in [-0.3, -0.25) is 0 Å². The van der Waals surface area contributed by atoms with E-state index in [-0.39, 0.29) is 16.6 Å². The van der Waals surface area contributed by atoms with Crippen molar-refractivity contribution in [1.82, 2.24) is 0 Å². The Hall–Kier alpha value is -0.340. The molecule has 2 nitrogen and oxygen atoms in total. The van der Waals surface area contributed by atoms with Gasteiger partial charge in [0.2, 0.25) is 0 Å². The predicted molar refractivity (Wildman–Crippen MR) is 60.6 cm³/mol. The Morgan fingerprint density at radius 3 is 1.73 bits per heavy atom. The molecule has 0 amide bonds. The molecular weight excluding hydrogens is 188 g/mol. The van der Waals surface area contributed by atoms with Gasteiger partial charge in [0, 0.05) is 12.8 Å². The summed E-state index contributed by atoms with van der Waals surface area (Å²) >= 11 is 0. The highest BCUT2D eigenvalue weighted by molar-refractivity contribution is 5.21. The first-order valence-corrected chi connectivity index (χ1v) is 5.75. The van der Waals surface area contributed by atoms with Crippen molar-refractivity contribution in [2.24, 2.45) is 10.8 Å². The fourth-order valence-electron chi connectivity index (χ4n) is 3.24. The Labute approximate surface area is 92.6 Å². The van der Waals surface area contributed by atoms with Crippen LogP contribution in [0.1, 0.15) is 40.5 Å². The zero-order chi connectivity index (χ0) is 11.3. The lowest BCUT2D eigenvalue weighted by atomic mass is 9.60. The summed E-state index contributed by atoms with van der Waals surface area (Å²) in [5, 5.41) is 0. The third-order valence-electron chi connectivity index (χ3n) is 3.87. The molecule has 0 radical (unpaired) electrons. The largest absolute Gasteiger partial charge is 0.347 e. The third kappa shape index (κ3) is 1.74. The second-order valence-electron chi connectivity index (χ2n) is 6.21. The van der Waals surface area contributed by atoms with Gasteiger partial charge in [-0.1, -0.05) is 39.8 Å². The number of rotatable bonds is 0. The first kappa shape index (κ1) is 11.2. The van der Waals surface area contributed by atoms with Gasteiger partial charge in [-0.2, -0.15) is 0 Å². The lowest BCUT2D eigenvalue weighted by Crippen LogP contribution is -2.48. The van der Waals surface area contributed by atoms with Crippen LogP contribution in [0.3, 0.4) is 0 Å². The van der Waals surface area contributed by atoms with E-state index in [0.717, 1.165) is 26.1 Å². The minimum atomic E-state index is -0.339. The quantitative estimate of drug-likeness (QED) is 0.572. The average molecular weight is 210 g/mol. The van der Waals surface area contributed by atoms with Gasteiger partial charge in [0.15, 0.2) is 5.79 Å². The average Bonchev–Trinajstić information content (AvgIpc) is 2.47. The first-order valence-electron chi connectivity index (χ1n) is 5.75. The Morgan fingerprint density at radius 1 is 0.933 bits per heavy atom. The second-order valence-corrected chi connectivity index (χ2v) is 6.21. The van der Waals surface area contributed by atoms with Crippen LogP contribution in [-0.4, -0.2) is 19.0 Å². The third-order valence-corrected chi connectivity index (χ3v) is 3.87. The molecule has 1 heterocycles. The lowest BCUT2D eigenvalue weighted by Gasteiger charge is -2.50. The molecule has 0 aromatic rings. The molecule has 1 aliphatic heterocycles. The summed E-state index contributed by atoms with van der Waals surface area (Å²) in [5.41, 5.74) is 1.53. The molecule has 0 aromatic carbocycles. The van der Waals surface area contributed by atoms with Crippen molar-refractivity contribution in [2.75, 3.05) is 13.2 Å². The highest BCUT2D eigenvalue weighted by Crippen LogP contribution is 2.55. The minimum absolute atomic E-state index is 0.103. The van der Waals surface area contributed by atoms with E-state index in [0.29, 0.717) is 0 Å². The summed E-state index contributed by atoms with van der Waals surface area (Å²) in [6.07, 6.45) is 1.87. The first-order chi connectivity index (χ1) is 6.78. The SMILES string of the molecule is C=C1C(C)(C)CC2(CC1(C)C)OCCO2. The molecule has 0 atom stereocenters. The van der Waals surface area contributed by atoms with E-state index in [4.69, 9.17) is 9.47 Å². The van der Waals surface area contributed by atoms with Crippen LogP contribution in [0, 0.1) is 10.8 Å². The van der Waals surface area contributed by atoms with Gasteiger partial charge >= 0.3 is 0 Å². The van der Waals surface area contributed by atoms with E-state index in [2.05, 4.69) is 34.3 Å². The van der Waals surface area contributed by atoms with Crippen LogP contribution in [0.5, 0.6) is 0 Å². The van der Waals surface area contributed by atoms with Crippen molar-refractivity contribution in [3.05, 3.63) is 12.2 Å². The molecule has 2 fully saturated rings. The molecule has 0 N–H and O–H groups in total. The Morgan fingerprint density at radius 2 is 1.33 bits per heavy atom. The smallest absolute Gasteiger partial charge is 0.170 e. The van der Waals surface area contributed by atoms with Crippen LogP contribution in [-0.2, 0) is 9.47 Å². The molecule has 1 saturated carbocycles. The van der Waals surface area contributed by atoms with Crippen LogP contribution in [0.4, 0.5) is 0 Å². The number of hydrogen-bond donors (Lipinski definition) is 0. The summed E-state index contributed by atoms with van der Waals surface area (Å²) < 4.78 is 11.7. The van der Waals surface area contributed by atoms with E-state index in [9.17, 15) is 0 Å². The van der Waals surface area contributed by atoms with Crippen LogP contribution < -0.4 is 0 Å². The van der Waals surface area contributed by atoms with E-state index >= 15 is 0 Å². The summed E-state index contributed by atoms with van der Waals surface area (Å²) in [6, 6.07) is 0. The number of ether oxygens (including phenoxy) is 2. The topological polar surface area (TPSA) is 18.5 Å². The van der Waals surface area contributed by atoms with E-state index in [1.807, 2.05) is 0 Å². The second kappa shape index (κ2) is 3.08. The van der Waals surface area contributed by atoms with Crippen molar-refractivity contribution in [2.45, 2.75) is 46.3 Å².